The molecular weight excluding hydrogens is 376 g/mol. The largest absolute Gasteiger partial charge is 0.480 e. The van der Waals surface area contributed by atoms with Crippen LogP contribution in [0, 0.1) is 0 Å². The second-order valence-electron chi connectivity index (χ2n) is 7.13. The summed E-state index contributed by atoms with van der Waals surface area (Å²) in [6.45, 7) is 1.11. The van der Waals surface area contributed by atoms with Crippen LogP contribution in [0.4, 0.5) is 11.6 Å². The molecule has 0 radical (unpaired) electrons. The van der Waals surface area contributed by atoms with E-state index in [1.807, 2.05) is 73.6 Å². The van der Waals surface area contributed by atoms with Crippen molar-refractivity contribution in [2.75, 3.05) is 31.0 Å². The van der Waals surface area contributed by atoms with Gasteiger partial charge >= 0.3 is 0 Å². The van der Waals surface area contributed by atoms with Gasteiger partial charge < -0.3 is 14.5 Å². The predicted octanol–water partition coefficient (Wildman–Crippen LogP) is 3.70. The number of hydrogen-bond acceptors (Lipinski definition) is 7. The SMILES string of the molecule is COc1nc(N(Cc2ccccn2)Cc2ccccn2)nc2ccc(N(C)C)cc12. The fourth-order valence-electron chi connectivity index (χ4n) is 3.22. The van der Waals surface area contributed by atoms with Gasteiger partial charge in [-0.15, -0.1) is 0 Å². The number of hydrogen-bond donors (Lipinski definition) is 0. The smallest absolute Gasteiger partial charge is 0.229 e. The van der Waals surface area contributed by atoms with Crippen molar-refractivity contribution in [1.29, 1.82) is 0 Å². The van der Waals surface area contributed by atoms with E-state index in [-0.39, 0.29) is 0 Å². The fraction of sp³-hybridized carbons (Fsp3) is 0.217. The van der Waals surface area contributed by atoms with E-state index in [0.717, 1.165) is 28.0 Å². The first-order valence-corrected chi connectivity index (χ1v) is 9.72. The minimum atomic E-state index is 0.547. The Balaban J connectivity index is 1.77. The number of anilines is 2. The maximum atomic E-state index is 5.63. The van der Waals surface area contributed by atoms with E-state index in [2.05, 4.69) is 14.9 Å². The highest BCUT2D eigenvalue weighted by atomic mass is 16.5. The summed E-state index contributed by atoms with van der Waals surface area (Å²) in [6.07, 6.45) is 3.58. The van der Waals surface area contributed by atoms with Crippen LogP contribution in [0.3, 0.4) is 0 Å². The minimum Gasteiger partial charge on any atom is -0.480 e. The average Bonchev–Trinajstić information content (AvgIpc) is 2.79. The summed E-state index contributed by atoms with van der Waals surface area (Å²) in [6, 6.07) is 17.8. The molecule has 152 valence electrons. The van der Waals surface area contributed by atoms with Crippen LogP contribution in [0.5, 0.6) is 5.88 Å². The number of methoxy groups -OCH3 is 1. The number of ether oxygens (including phenoxy) is 1. The van der Waals surface area contributed by atoms with Crippen LogP contribution in [0.2, 0.25) is 0 Å². The Hall–Kier alpha value is -3.74. The molecule has 3 aromatic heterocycles. The molecule has 0 saturated heterocycles. The van der Waals surface area contributed by atoms with E-state index in [1.165, 1.54) is 0 Å². The van der Waals surface area contributed by atoms with Crippen molar-refractivity contribution in [3.63, 3.8) is 0 Å². The summed E-state index contributed by atoms with van der Waals surface area (Å²) in [5.74, 6) is 1.12. The number of fused-ring (bicyclic) bond motifs is 1. The van der Waals surface area contributed by atoms with Gasteiger partial charge in [0.25, 0.3) is 0 Å². The minimum absolute atomic E-state index is 0.547. The highest BCUT2D eigenvalue weighted by Crippen LogP contribution is 2.29. The van der Waals surface area contributed by atoms with E-state index in [1.54, 1.807) is 19.5 Å². The van der Waals surface area contributed by atoms with E-state index >= 15 is 0 Å². The lowest BCUT2D eigenvalue weighted by atomic mass is 10.2. The molecule has 0 fully saturated rings. The second kappa shape index (κ2) is 8.73. The van der Waals surface area contributed by atoms with Gasteiger partial charge in [0.2, 0.25) is 11.8 Å². The van der Waals surface area contributed by atoms with E-state index in [4.69, 9.17) is 14.7 Å². The zero-order chi connectivity index (χ0) is 20.9. The second-order valence-corrected chi connectivity index (χ2v) is 7.13. The van der Waals surface area contributed by atoms with E-state index in [0.29, 0.717) is 24.9 Å². The zero-order valence-electron chi connectivity index (χ0n) is 17.4. The molecule has 4 aromatic rings. The van der Waals surface area contributed by atoms with E-state index < -0.39 is 0 Å². The van der Waals surface area contributed by atoms with Gasteiger partial charge in [0.1, 0.15) is 0 Å². The molecule has 0 bridgehead atoms. The molecule has 0 spiro atoms. The van der Waals surface area contributed by atoms with Crippen LogP contribution in [-0.2, 0) is 13.1 Å². The van der Waals surface area contributed by atoms with Crippen LogP contribution in [-0.4, -0.2) is 41.1 Å². The highest BCUT2D eigenvalue weighted by Gasteiger charge is 2.17. The normalized spacial score (nSPS) is 10.8. The number of benzene rings is 1. The molecule has 3 heterocycles. The van der Waals surface area contributed by atoms with Gasteiger partial charge in [0.15, 0.2) is 0 Å². The van der Waals surface area contributed by atoms with Crippen molar-refractivity contribution < 1.29 is 4.74 Å². The van der Waals surface area contributed by atoms with Gasteiger partial charge in [0.05, 0.1) is 42.5 Å². The molecule has 0 saturated carbocycles. The van der Waals surface area contributed by atoms with Gasteiger partial charge in [0, 0.05) is 32.2 Å². The third-order valence-corrected chi connectivity index (χ3v) is 4.78. The first-order valence-electron chi connectivity index (χ1n) is 9.72. The quantitative estimate of drug-likeness (QED) is 0.468. The molecule has 7 nitrogen and oxygen atoms in total. The van der Waals surface area contributed by atoms with Crippen LogP contribution < -0.4 is 14.5 Å². The van der Waals surface area contributed by atoms with Crippen molar-refractivity contribution >= 4 is 22.5 Å². The first-order chi connectivity index (χ1) is 14.6. The molecule has 7 heteroatoms. The Bertz CT molecular complexity index is 1080. The third kappa shape index (κ3) is 4.30. The Morgan fingerprint density at radius 3 is 2.03 bits per heavy atom. The zero-order valence-corrected chi connectivity index (χ0v) is 17.4. The molecule has 0 N–H and O–H groups in total. The monoisotopic (exact) mass is 400 g/mol. The topological polar surface area (TPSA) is 67.3 Å². The molecule has 0 amide bonds. The summed E-state index contributed by atoms with van der Waals surface area (Å²) in [5, 5.41) is 0.878. The molecule has 0 atom stereocenters. The molecule has 0 unspecified atom stereocenters. The summed E-state index contributed by atoms with van der Waals surface area (Å²) in [5.41, 5.74) is 3.75. The van der Waals surface area contributed by atoms with Crippen molar-refractivity contribution in [1.82, 2.24) is 19.9 Å². The summed E-state index contributed by atoms with van der Waals surface area (Å²) >= 11 is 0. The maximum Gasteiger partial charge on any atom is 0.229 e. The Morgan fingerprint density at radius 2 is 1.50 bits per heavy atom. The van der Waals surface area contributed by atoms with Gasteiger partial charge in [-0.3, -0.25) is 9.97 Å². The fourth-order valence-corrected chi connectivity index (χ4v) is 3.22. The average molecular weight is 400 g/mol. The predicted molar refractivity (Wildman–Crippen MR) is 119 cm³/mol. The standard InChI is InChI=1S/C23H24N6O/c1-28(2)19-10-11-21-20(14-19)22(30-3)27-23(26-21)29(15-17-8-4-6-12-24-17)16-18-9-5-7-13-25-18/h4-14H,15-16H2,1-3H3. The molecule has 0 aliphatic carbocycles. The van der Waals surface area contributed by atoms with Crippen LogP contribution in [0.25, 0.3) is 10.9 Å². The summed E-state index contributed by atoms with van der Waals surface area (Å²) < 4.78 is 5.63. The summed E-state index contributed by atoms with van der Waals surface area (Å²) in [4.78, 5) is 22.6. The van der Waals surface area contributed by atoms with Gasteiger partial charge in [-0.2, -0.15) is 4.98 Å². The van der Waals surface area contributed by atoms with Crippen molar-refractivity contribution in [2.24, 2.45) is 0 Å². The molecule has 0 aliphatic rings. The Kier molecular flexibility index (Phi) is 5.70. The van der Waals surface area contributed by atoms with Crippen molar-refractivity contribution in [3.8, 4) is 5.88 Å². The number of nitrogens with zero attached hydrogens (tertiary/aromatic N) is 6. The highest BCUT2D eigenvalue weighted by molar-refractivity contribution is 5.87. The third-order valence-electron chi connectivity index (χ3n) is 4.78. The number of aromatic nitrogens is 4. The van der Waals surface area contributed by atoms with Crippen LogP contribution >= 0.6 is 0 Å². The van der Waals surface area contributed by atoms with Gasteiger partial charge in [-0.1, -0.05) is 12.1 Å². The molecular formula is C23H24N6O. The van der Waals surface area contributed by atoms with E-state index in [9.17, 15) is 0 Å². The van der Waals surface area contributed by atoms with Gasteiger partial charge in [-0.05, 0) is 42.5 Å². The van der Waals surface area contributed by atoms with Gasteiger partial charge in [-0.25, -0.2) is 4.98 Å². The lowest BCUT2D eigenvalue weighted by Crippen LogP contribution is -2.25. The molecule has 1 aromatic carbocycles. The Morgan fingerprint density at radius 1 is 0.833 bits per heavy atom. The number of rotatable bonds is 7. The lowest BCUT2D eigenvalue weighted by Gasteiger charge is -2.23. The molecule has 4 rings (SSSR count). The molecule has 0 aliphatic heterocycles. The van der Waals surface area contributed by atoms with Crippen molar-refractivity contribution in [3.05, 3.63) is 78.4 Å². The lowest BCUT2D eigenvalue weighted by molar-refractivity contribution is 0.402. The van der Waals surface area contributed by atoms with Crippen LogP contribution in [0.1, 0.15) is 11.4 Å². The number of pyridine rings is 2. The van der Waals surface area contributed by atoms with Crippen LogP contribution in [0.15, 0.2) is 67.0 Å². The van der Waals surface area contributed by atoms with Crippen molar-refractivity contribution in [2.45, 2.75) is 13.1 Å². The Labute approximate surface area is 176 Å². The maximum absolute atomic E-state index is 5.63. The first kappa shape index (κ1) is 19.6. The summed E-state index contributed by atoms with van der Waals surface area (Å²) in [7, 11) is 5.64. The molecule has 30 heavy (non-hydrogen) atoms.